The van der Waals surface area contributed by atoms with Gasteiger partial charge in [0.25, 0.3) is 0 Å². The molecule has 0 aromatic carbocycles. The zero-order chi connectivity index (χ0) is 17.2. The molecule has 1 fully saturated rings. The van der Waals surface area contributed by atoms with E-state index in [9.17, 15) is 9.59 Å². The molecule has 0 aromatic heterocycles. The van der Waals surface area contributed by atoms with Crippen LogP contribution in [0.5, 0.6) is 0 Å². The highest BCUT2D eigenvalue weighted by Crippen LogP contribution is 2.29. The van der Waals surface area contributed by atoms with Gasteiger partial charge < -0.3 is 19.9 Å². The van der Waals surface area contributed by atoms with Gasteiger partial charge in [-0.25, -0.2) is 9.59 Å². The van der Waals surface area contributed by atoms with Gasteiger partial charge in [-0.05, 0) is 58.8 Å². The maximum atomic E-state index is 11.4. The van der Waals surface area contributed by atoms with Crippen molar-refractivity contribution >= 4 is 23.1 Å². The summed E-state index contributed by atoms with van der Waals surface area (Å²) in [6.07, 6.45) is 2.81. The van der Waals surface area contributed by atoms with Gasteiger partial charge in [0.05, 0.1) is 6.61 Å². The molecule has 1 amide bonds. The Bertz CT molecular complexity index is 343. The summed E-state index contributed by atoms with van der Waals surface area (Å²) in [6, 6.07) is 0. The van der Waals surface area contributed by atoms with Gasteiger partial charge in [0.15, 0.2) is 0 Å². The monoisotopic (exact) mass is 337 g/mol. The van der Waals surface area contributed by atoms with Crippen molar-refractivity contribution in [2.45, 2.75) is 52.6 Å². The minimum atomic E-state index is -0.738. The number of hydrogen-bond donors (Lipinski definition) is 2. The summed E-state index contributed by atoms with van der Waals surface area (Å²) in [5.41, 5.74) is -1.18. The Labute approximate surface area is 137 Å². The van der Waals surface area contributed by atoms with E-state index in [1.165, 1.54) is 0 Å². The number of carbonyl (C=O) groups is 2. The first-order valence-corrected chi connectivity index (χ1v) is 7.95. The van der Waals surface area contributed by atoms with Crippen LogP contribution >= 0.6 is 11.6 Å². The van der Waals surface area contributed by atoms with E-state index < -0.39 is 11.0 Å². The summed E-state index contributed by atoms with van der Waals surface area (Å²) in [5, 5.41) is 11.8. The molecule has 130 valence electrons. The predicted molar refractivity (Wildman–Crippen MR) is 85.0 cm³/mol. The molecule has 0 bridgehead atoms. The Morgan fingerprint density at radius 1 is 1.27 bits per heavy atom. The Hall–Kier alpha value is -1.01. The van der Waals surface area contributed by atoms with Crippen LogP contribution in [0.1, 0.15) is 47.0 Å². The van der Waals surface area contributed by atoms with Gasteiger partial charge in [-0.2, -0.15) is 0 Å². The third-order valence-corrected chi connectivity index (χ3v) is 3.21. The van der Waals surface area contributed by atoms with Crippen molar-refractivity contribution in [2.75, 3.05) is 19.8 Å². The Morgan fingerprint density at radius 2 is 1.86 bits per heavy atom. The zero-order valence-corrected chi connectivity index (χ0v) is 14.6. The number of amides is 1. The van der Waals surface area contributed by atoms with Gasteiger partial charge in [0, 0.05) is 24.8 Å². The van der Waals surface area contributed by atoms with Gasteiger partial charge in [0.2, 0.25) is 0 Å². The fourth-order valence-electron chi connectivity index (χ4n) is 2.19. The lowest BCUT2D eigenvalue weighted by atomic mass is 10.1. The molecule has 22 heavy (non-hydrogen) atoms. The van der Waals surface area contributed by atoms with E-state index in [1.54, 1.807) is 6.92 Å². The van der Waals surface area contributed by atoms with Crippen molar-refractivity contribution in [1.29, 1.82) is 0 Å². The second kappa shape index (κ2) is 10.7. The molecule has 0 saturated heterocycles. The van der Waals surface area contributed by atoms with E-state index in [0.717, 1.165) is 19.3 Å². The fourth-order valence-corrected chi connectivity index (χ4v) is 2.29. The van der Waals surface area contributed by atoms with Crippen LogP contribution in [0, 0.1) is 11.8 Å². The smallest absolute Gasteiger partial charge is 0.407 e. The highest BCUT2D eigenvalue weighted by atomic mass is 35.5. The number of halogens is 1. The number of carbonyl (C=O) groups excluding carboxylic acids is 2. The molecule has 6 nitrogen and oxygen atoms in total. The van der Waals surface area contributed by atoms with E-state index in [-0.39, 0.29) is 12.7 Å². The normalized spacial score (nSPS) is 20.6. The van der Waals surface area contributed by atoms with Crippen molar-refractivity contribution in [1.82, 2.24) is 5.32 Å². The lowest BCUT2D eigenvalue weighted by molar-refractivity contribution is 0.0519. The number of nitrogens with one attached hydrogen (secondary N) is 1. The summed E-state index contributed by atoms with van der Waals surface area (Å²) in [7, 11) is 0. The largest absolute Gasteiger partial charge is 0.454 e. The van der Waals surface area contributed by atoms with Crippen molar-refractivity contribution in [3.8, 4) is 0 Å². The first-order valence-electron chi connectivity index (χ1n) is 7.57. The molecule has 1 rings (SSSR count). The van der Waals surface area contributed by atoms with Crippen LogP contribution in [0.2, 0.25) is 0 Å². The van der Waals surface area contributed by atoms with Crippen LogP contribution < -0.4 is 5.32 Å². The SMILES string of the molecule is CC(C)(C)OC(=O)NC[C@@H]1CC[C@@H](CO)C1.CCOC(=O)Cl. The second-order valence-corrected chi connectivity index (χ2v) is 6.59. The first kappa shape index (κ1) is 21.0. The number of ether oxygens (including phenoxy) is 2. The van der Waals surface area contributed by atoms with Crippen LogP contribution in [-0.4, -0.2) is 42.0 Å². The molecule has 1 aliphatic carbocycles. The molecule has 1 aliphatic rings. The van der Waals surface area contributed by atoms with E-state index in [0.29, 0.717) is 25.0 Å². The molecule has 0 aliphatic heterocycles. The quantitative estimate of drug-likeness (QED) is 0.769. The molecule has 7 heteroatoms. The summed E-state index contributed by atoms with van der Waals surface area (Å²) >= 11 is 4.72. The summed E-state index contributed by atoms with van der Waals surface area (Å²) in [6.45, 7) is 8.52. The minimum absolute atomic E-state index is 0.267. The molecule has 0 unspecified atom stereocenters. The summed E-state index contributed by atoms with van der Waals surface area (Å²) in [4.78, 5) is 21.0. The van der Waals surface area contributed by atoms with Crippen molar-refractivity contribution in [3.63, 3.8) is 0 Å². The molecular weight excluding hydrogens is 310 g/mol. The molecule has 0 heterocycles. The lowest BCUT2D eigenvalue weighted by Crippen LogP contribution is -2.34. The van der Waals surface area contributed by atoms with E-state index in [2.05, 4.69) is 10.1 Å². The summed E-state index contributed by atoms with van der Waals surface area (Å²) in [5.74, 6) is 0.912. The number of rotatable bonds is 4. The molecule has 2 N–H and O–H groups in total. The topological polar surface area (TPSA) is 84.9 Å². The maximum Gasteiger partial charge on any atom is 0.407 e. The van der Waals surface area contributed by atoms with Gasteiger partial charge in [-0.15, -0.1) is 0 Å². The molecule has 2 atom stereocenters. The van der Waals surface area contributed by atoms with E-state index >= 15 is 0 Å². The minimum Gasteiger partial charge on any atom is -0.454 e. The maximum absolute atomic E-state index is 11.4. The van der Waals surface area contributed by atoms with E-state index in [1.807, 2.05) is 20.8 Å². The van der Waals surface area contributed by atoms with Crippen molar-refractivity contribution in [3.05, 3.63) is 0 Å². The highest BCUT2D eigenvalue weighted by Gasteiger charge is 2.25. The number of hydrogen-bond acceptors (Lipinski definition) is 5. The highest BCUT2D eigenvalue weighted by molar-refractivity contribution is 6.61. The van der Waals surface area contributed by atoms with Crippen LogP contribution in [0.15, 0.2) is 0 Å². The van der Waals surface area contributed by atoms with Gasteiger partial charge in [-0.3, -0.25) is 0 Å². The average Bonchev–Trinajstić information content (AvgIpc) is 2.83. The van der Waals surface area contributed by atoms with Crippen molar-refractivity contribution < 1.29 is 24.2 Å². The summed E-state index contributed by atoms with van der Waals surface area (Å²) < 4.78 is 9.32. The van der Waals surface area contributed by atoms with E-state index in [4.69, 9.17) is 21.4 Å². The Kier molecular flexibility index (Phi) is 10.2. The first-order chi connectivity index (χ1) is 10.2. The molecule has 0 spiro atoms. The average molecular weight is 338 g/mol. The fraction of sp³-hybridized carbons (Fsp3) is 0.867. The molecule has 0 aromatic rings. The van der Waals surface area contributed by atoms with Crippen LogP contribution in [0.3, 0.4) is 0 Å². The van der Waals surface area contributed by atoms with Gasteiger partial charge in [0.1, 0.15) is 5.60 Å². The Morgan fingerprint density at radius 3 is 2.23 bits per heavy atom. The lowest BCUT2D eigenvalue weighted by Gasteiger charge is -2.20. The third kappa shape index (κ3) is 11.6. The van der Waals surface area contributed by atoms with Gasteiger partial charge in [-0.1, -0.05) is 0 Å². The number of aliphatic hydroxyl groups is 1. The van der Waals surface area contributed by atoms with Crippen molar-refractivity contribution in [2.24, 2.45) is 11.8 Å². The zero-order valence-electron chi connectivity index (χ0n) is 13.9. The second-order valence-electron chi connectivity index (χ2n) is 6.28. The molecular formula is C15H28ClNO5. The number of aliphatic hydroxyl groups excluding tert-OH is 1. The molecule has 0 radical (unpaired) electrons. The molecule has 1 saturated carbocycles. The van der Waals surface area contributed by atoms with Crippen LogP contribution in [0.4, 0.5) is 9.59 Å². The standard InChI is InChI=1S/C12H23NO3.C3H5ClO2/c1-12(2,3)16-11(15)13-7-9-4-5-10(6-9)8-14;1-2-6-3(4)5/h9-10,14H,4-8H2,1-3H3,(H,13,15);2H2,1H3/t9-,10-;/m1./s1. The van der Waals surface area contributed by atoms with Crippen LogP contribution in [0.25, 0.3) is 0 Å². The number of alkyl carbamates (subject to hydrolysis) is 1. The van der Waals surface area contributed by atoms with Gasteiger partial charge >= 0.3 is 11.5 Å². The predicted octanol–water partition coefficient (Wildman–Crippen LogP) is 3.30. The van der Waals surface area contributed by atoms with Crippen LogP contribution in [-0.2, 0) is 9.47 Å². The third-order valence-electron chi connectivity index (χ3n) is 3.10. The Balaban J connectivity index is 0.000000626.